The summed E-state index contributed by atoms with van der Waals surface area (Å²) in [7, 11) is 0. The highest BCUT2D eigenvalue weighted by Gasteiger charge is 2.24. The number of hydrogen-bond donors (Lipinski definition) is 2. The largest absolute Gasteiger partial charge is 0.394 e. The fourth-order valence-electron chi connectivity index (χ4n) is 2.96. The van der Waals surface area contributed by atoms with Crippen LogP contribution in [0.25, 0.3) is 0 Å². The topological polar surface area (TPSA) is 58.6 Å². The standard InChI is InChI=1S/C17H22F3NO3/c1-10-4-2-3-5-15(10)24-9-16(23)21-14(8-22)11-6-12(18)17(20)13(19)7-11/h6-7,10,14-15,22H,2-5,8-9H2,1H3,(H,21,23). The lowest BCUT2D eigenvalue weighted by Gasteiger charge is -2.28. The van der Waals surface area contributed by atoms with E-state index in [0.29, 0.717) is 5.92 Å². The van der Waals surface area contributed by atoms with Crippen molar-refractivity contribution in [2.45, 2.75) is 44.8 Å². The van der Waals surface area contributed by atoms with E-state index in [-0.39, 0.29) is 18.3 Å². The van der Waals surface area contributed by atoms with E-state index in [4.69, 9.17) is 4.74 Å². The van der Waals surface area contributed by atoms with Gasteiger partial charge in [0.1, 0.15) is 6.61 Å². The molecule has 1 aliphatic rings. The Balaban J connectivity index is 1.93. The van der Waals surface area contributed by atoms with Gasteiger partial charge >= 0.3 is 0 Å². The third-order valence-electron chi connectivity index (χ3n) is 4.39. The SMILES string of the molecule is CC1CCCCC1OCC(=O)NC(CO)c1cc(F)c(F)c(F)c1. The second-order valence-corrected chi connectivity index (χ2v) is 6.21. The van der Waals surface area contributed by atoms with Gasteiger partial charge in [-0.2, -0.15) is 0 Å². The highest BCUT2D eigenvalue weighted by molar-refractivity contribution is 5.77. The number of halogens is 3. The Labute approximate surface area is 139 Å². The Morgan fingerprint density at radius 1 is 1.29 bits per heavy atom. The van der Waals surface area contributed by atoms with E-state index in [2.05, 4.69) is 12.2 Å². The first-order valence-electron chi connectivity index (χ1n) is 8.08. The van der Waals surface area contributed by atoms with Crippen LogP contribution >= 0.6 is 0 Å². The number of carbonyl (C=O) groups is 1. The van der Waals surface area contributed by atoms with Crippen molar-refractivity contribution < 1.29 is 27.8 Å². The van der Waals surface area contributed by atoms with Gasteiger partial charge in [-0.25, -0.2) is 13.2 Å². The summed E-state index contributed by atoms with van der Waals surface area (Å²) in [4.78, 5) is 12.0. The molecule has 3 atom stereocenters. The fourth-order valence-corrected chi connectivity index (χ4v) is 2.96. The highest BCUT2D eigenvalue weighted by Crippen LogP contribution is 2.26. The van der Waals surface area contributed by atoms with Crippen LogP contribution < -0.4 is 5.32 Å². The summed E-state index contributed by atoms with van der Waals surface area (Å²) in [6.07, 6.45) is 4.18. The molecular weight excluding hydrogens is 323 g/mol. The molecule has 3 unspecified atom stereocenters. The molecule has 1 aromatic rings. The van der Waals surface area contributed by atoms with E-state index in [9.17, 15) is 23.1 Å². The molecule has 134 valence electrons. The molecule has 0 heterocycles. The van der Waals surface area contributed by atoms with E-state index in [1.54, 1.807) is 0 Å². The smallest absolute Gasteiger partial charge is 0.246 e. The maximum atomic E-state index is 13.3. The molecule has 2 rings (SSSR count). The lowest BCUT2D eigenvalue weighted by atomic mass is 9.88. The zero-order chi connectivity index (χ0) is 17.7. The molecule has 1 aromatic carbocycles. The third kappa shape index (κ3) is 4.70. The Bertz CT molecular complexity index is 559. The zero-order valence-electron chi connectivity index (χ0n) is 13.5. The first-order valence-corrected chi connectivity index (χ1v) is 8.08. The van der Waals surface area contributed by atoms with Gasteiger partial charge < -0.3 is 15.2 Å². The van der Waals surface area contributed by atoms with Crippen molar-refractivity contribution in [3.05, 3.63) is 35.1 Å². The highest BCUT2D eigenvalue weighted by atomic mass is 19.2. The molecule has 0 aliphatic heterocycles. The van der Waals surface area contributed by atoms with Gasteiger partial charge in [0.2, 0.25) is 5.91 Å². The van der Waals surface area contributed by atoms with Crippen LogP contribution in [0, 0.1) is 23.4 Å². The number of aliphatic hydroxyl groups excluding tert-OH is 1. The lowest BCUT2D eigenvalue weighted by molar-refractivity contribution is -0.130. The minimum Gasteiger partial charge on any atom is -0.394 e. The van der Waals surface area contributed by atoms with Gasteiger partial charge in [-0.15, -0.1) is 0 Å². The van der Waals surface area contributed by atoms with Gasteiger partial charge in [0, 0.05) is 0 Å². The van der Waals surface area contributed by atoms with Crippen molar-refractivity contribution in [2.75, 3.05) is 13.2 Å². The Morgan fingerprint density at radius 2 is 1.92 bits per heavy atom. The molecule has 0 saturated heterocycles. The number of aliphatic hydroxyl groups is 1. The Morgan fingerprint density at radius 3 is 2.50 bits per heavy atom. The minimum absolute atomic E-state index is 0.0118. The summed E-state index contributed by atoms with van der Waals surface area (Å²) in [6.45, 7) is 1.30. The van der Waals surface area contributed by atoms with Gasteiger partial charge in [0.05, 0.1) is 18.8 Å². The van der Waals surface area contributed by atoms with Gasteiger partial charge in [-0.1, -0.05) is 19.8 Å². The van der Waals surface area contributed by atoms with E-state index < -0.39 is 36.0 Å². The van der Waals surface area contributed by atoms with Gasteiger partial charge in [0.25, 0.3) is 0 Å². The summed E-state index contributed by atoms with van der Waals surface area (Å²) >= 11 is 0. The fraction of sp³-hybridized carbons (Fsp3) is 0.588. The number of carbonyl (C=O) groups excluding carboxylic acids is 1. The summed E-state index contributed by atoms with van der Waals surface area (Å²) in [5.41, 5.74) is -0.0479. The number of ether oxygens (including phenoxy) is 1. The Hall–Kier alpha value is -1.60. The average molecular weight is 345 g/mol. The van der Waals surface area contributed by atoms with Gasteiger partial charge in [-0.3, -0.25) is 4.79 Å². The maximum Gasteiger partial charge on any atom is 0.246 e. The number of nitrogens with one attached hydrogen (secondary N) is 1. The van der Waals surface area contributed by atoms with Crippen LogP contribution in [0.3, 0.4) is 0 Å². The minimum atomic E-state index is -1.59. The quantitative estimate of drug-likeness (QED) is 0.780. The van der Waals surface area contributed by atoms with Crippen LogP contribution in [0.15, 0.2) is 12.1 Å². The van der Waals surface area contributed by atoms with Crippen LogP contribution in [0.5, 0.6) is 0 Å². The number of hydrogen-bond acceptors (Lipinski definition) is 3. The van der Waals surface area contributed by atoms with Gasteiger partial charge in [-0.05, 0) is 36.5 Å². The van der Waals surface area contributed by atoms with Crippen molar-refractivity contribution in [2.24, 2.45) is 5.92 Å². The maximum absolute atomic E-state index is 13.3. The van der Waals surface area contributed by atoms with E-state index in [0.717, 1.165) is 37.8 Å². The van der Waals surface area contributed by atoms with E-state index >= 15 is 0 Å². The molecule has 1 amide bonds. The third-order valence-corrected chi connectivity index (χ3v) is 4.39. The number of rotatable bonds is 6. The van der Waals surface area contributed by atoms with Crippen molar-refractivity contribution in [3.8, 4) is 0 Å². The summed E-state index contributed by atoms with van der Waals surface area (Å²) < 4.78 is 45.1. The molecule has 7 heteroatoms. The van der Waals surface area contributed by atoms with Crippen LogP contribution in [0.4, 0.5) is 13.2 Å². The molecule has 24 heavy (non-hydrogen) atoms. The first-order chi connectivity index (χ1) is 11.4. The van der Waals surface area contributed by atoms with E-state index in [1.165, 1.54) is 0 Å². The summed E-state index contributed by atoms with van der Waals surface area (Å²) in [5.74, 6) is -4.45. The second kappa shape index (κ2) is 8.48. The predicted octanol–water partition coefficient (Wildman–Crippen LogP) is 2.85. The molecular formula is C17H22F3NO3. The number of benzene rings is 1. The van der Waals surface area contributed by atoms with Crippen molar-refractivity contribution in [1.29, 1.82) is 0 Å². The summed E-state index contributed by atoms with van der Waals surface area (Å²) in [5, 5.41) is 11.8. The Kier molecular flexibility index (Phi) is 6.62. The molecule has 0 bridgehead atoms. The van der Waals surface area contributed by atoms with Crippen LogP contribution in [-0.4, -0.2) is 30.3 Å². The van der Waals surface area contributed by atoms with Crippen molar-refractivity contribution >= 4 is 5.91 Å². The molecule has 0 aromatic heterocycles. The normalized spacial score (nSPS) is 22.2. The van der Waals surface area contributed by atoms with E-state index in [1.807, 2.05) is 0 Å². The number of amides is 1. The van der Waals surface area contributed by atoms with Crippen LogP contribution in [0.1, 0.15) is 44.2 Å². The predicted molar refractivity (Wildman–Crippen MR) is 81.7 cm³/mol. The molecule has 0 radical (unpaired) electrons. The van der Waals surface area contributed by atoms with Gasteiger partial charge in [0.15, 0.2) is 17.5 Å². The second-order valence-electron chi connectivity index (χ2n) is 6.21. The molecule has 2 N–H and O–H groups in total. The molecule has 1 fully saturated rings. The van der Waals surface area contributed by atoms with Crippen LogP contribution in [-0.2, 0) is 9.53 Å². The van der Waals surface area contributed by atoms with Crippen LogP contribution in [0.2, 0.25) is 0 Å². The molecule has 1 saturated carbocycles. The molecule has 4 nitrogen and oxygen atoms in total. The first kappa shape index (κ1) is 18.7. The molecule has 1 aliphatic carbocycles. The summed E-state index contributed by atoms with van der Waals surface area (Å²) in [6, 6.07) is 0.474. The molecule has 0 spiro atoms. The monoisotopic (exact) mass is 345 g/mol. The zero-order valence-corrected chi connectivity index (χ0v) is 13.5. The van der Waals surface area contributed by atoms with Crippen molar-refractivity contribution in [3.63, 3.8) is 0 Å². The average Bonchev–Trinajstić information content (AvgIpc) is 2.56. The lowest BCUT2D eigenvalue weighted by Crippen LogP contribution is -2.36. The van der Waals surface area contributed by atoms with Crippen molar-refractivity contribution in [1.82, 2.24) is 5.32 Å².